The molecule has 0 aliphatic carbocycles. The molecule has 0 atom stereocenters. The molecule has 10 rings (SSSR count). The van der Waals surface area contributed by atoms with Crippen LogP contribution in [0, 0.1) is 0 Å². The zero-order valence-electron chi connectivity index (χ0n) is 27.6. The monoisotopic (exact) mass is 653 g/mol. The van der Waals surface area contributed by atoms with E-state index in [1.807, 2.05) is 30.5 Å². The van der Waals surface area contributed by atoms with Crippen LogP contribution in [0.25, 0.3) is 71.8 Å². The van der Waals surface area contributed by atoms with Crippen LogP contribution in [0.2, 0.25) is 0 Å². The highest BCUT2D eigenvalue weighted by Gasteiger charge is 2.17. The molecule has 0 spiro atoms. The van der Waals surface area contributed by atoms with Gasteiger partial charge in [0.2, 0.25) is 0 Å². The summed E-state index contributed by atoms with van der Waals surface area (Å²) in [6, 6.07) is 64.4. The Balaban J connectivity index is 1.06. The lowest BCUT2D eigenvalue weighted by molar-refractivity contribution is 0.668. The topological polar surface area (TPSA) is 34.2 Å². The van der Waals surface area contributed by atoms with E-state index in [1.54, 1.807) is 0 Å². The second-order valence-electron chi connectivity index (χ2n) is 12.8. The molecular formula is C47H31N3O. The van der Waals surface area contributed by atoms with Gasteiger partial charge in [0.25, 0.3) is 0 Å². The van der Waals surface area contributed by atoms with Crippen molar-refractivity contribution in [3.05, 3.63) is 188 Å². The third kappa shape index (κ3) is 4.88. The number of hydrogen-bond donors (Lipinski definition) is 0. The van der Waals surface area contributed by atoms with E-state index in [9.17, 15) is 0 Å². The number of benzene rings is 7. The van der Waals surface area contributed by atoms with Crippen LogP contribution in [0.1, 0.15) is 0 Å². The maximum atomic E-state index is 6.13. The van der Waals surface area contributed by atoms with Crippen LogP contribution in [0.15, 0.2) is 193 Å². The van der Waals surface area contributed by atoms with Crippen molar-refractivity contribution in [1.29, 1.82) is 0 Å². The molecule has 0 bridgehead atoms. The van der Waals surface area contributed by atoms with E-state index >= 15 is 0 Å². The first-order valence-electron chi connectivity index (χ1n) is 17.2. The summed E-state index contributed by atoms with van der Waals surface area (Å²) in [6.45, 7) is 0. The third-order valence-electron chi connectivity index (χ3n) is 9.83. The number of fused-ring (bicyclic) bond motifs is 6. The van der Waals surface area contributed by atoms with Crippen LogP contribution in [-0.4, -0.2) is 9.55 Å². The van der Waals surface area contributed by atoms with Gasteiger partial charge in [-0.3, -0.25) is 4.98 Å². The number of hydrogen-bond acceptors (Lipinski definition) is 3. The average molecular weight is 654 g/mol. The fourth-order valence-electron chi connectivity index (χ4n) is 7.54. The minimum Gasteiger partial charge on any atom is -0.454 e. The summed E-state index contributed by atoms with van der Waals surface area (Å²) >= 11 is 0. The Morgan fingerprint density at radius 3 is 1.86 bits per heavy atom. The number of furan rings is 1. The summed E-state index contributed by atoms with van der Waals surface area (Å²) in [6.07, 6.45) is 1.82. The number of aromatic nitrogens is 2. The molecule has 0 aliphatic heterocycles. The van der Waals surface area contributed by atoms with E-state index in [-0.39, 0.29) is 0 Å². The van der Waals surface area contributed by atoms with Crippen LogP contribution in [0.3, 0.4) is 0 Å². The highest BCUT2D eigenvalue weighted by atomic mass is 16.3. The van der Waals surface area contributed by atoms with Gasteiger partial charge in [-0.25, -0.2) is 0 Å². The molecule has 0 saturated heterocycles. The summed E-state index contributed by atoms with van der Waals surface area (Å²) < 4.78 is 8.51. The van der Waals surface area contributed by atoms with E-state index in [4.69, 9.17) is 4.42 Å². The molecule has 4 nitrogen and oxygen atoms in total. The zero-order valence-corrected chi connectivity index (χ0v) is 27.6. The second-order valence-corrected chi connectivity index (χ2v) is 12.8. The Morgan fingerprint density at radius 1 is 0.451 bits per heavy atom. The molecule has 0 radical (unpaired) electrons. The molecule has 0 N–H and O–H groups in total. The van der Waals surface area contributed by atoms with Gasteiger partial charge in [-0.05, 0) is 101 Å². The highest BCUT2D eigenvalue weighted by Crippen LogP contribution is 2.40. The van der Waals surface area contributed by atoms with Gasteiger partial charge >= 0.3 is 0 Å². The van der Waals surface area contributed by atoms with Crippen LogP contribution in [-0.2, 0) is 0 Å². The predicted molar refractivity (Wildman–Crippen MR) is 211 cm³/mol. The van der Waals surface area contributed by atoms with E-state index in [0.717, 1.165) is 67.1 Å². The smallest absolute Gasteiger partial charge is 0.153 e. The van der Waals surface area contributed by atoms with Crippen LogP contribution in [0.4, 0.5) is 17.1 Å². The third-order valence-corrected chi connectivity index (χ3v) is 9.83. The first-order valence-corrected chi connectivity index (χ1v) is 17.2. The fraction of sp³-hybridized carbons (Fsp3) is 0. The van der Waals surface area contributed by atoms with Crippen LogP contribution >= 0.6 is 0 Å². The maximum absolute atomic E-state index is 6.13. The second kappa shape index (κ2) is 11.9. The van der Waals surface area contributed by atoms with Crippen LogP contribution in [0.5, 0.6) is 0 Å². The standard InChI is InChI=1S/C47H31N3O/c1-2-14-35(15-3-1)49(36-27-25-32(26-28-36)39-20-10-23-44-46(39)47-45(51-44)24-11-29-48-47)37-16-8-12-33(30-37)34-13-9-17-38(31-34)50-42-21-6-4-18-40(42)41-19-5-7-22-43(41)50/h1-31H. The normalized spacial score (nSPS) is 11.5. The molecule has 240 valence electrons. The van der Waals surface area contributed by atoms with Crippen molar-refractivity contribution in [1.82, 2.24) is 9.55 Å². The van der Waals surface area contributed by atoms with Gasteiger partial charge < -0.3 is 13.9 Å². The number of rotatable bonds is 6. The molecule has 0 amide bonds. The summed E-state index contributed by atoms with van der Waals surface area (Å²) in [7, 11) is 0. The van der Waals surface area contributed by atoms with Crippen molar-refractivity contribution >= 4 is 60.9 Å². The first kappa shape index (κ1) is 29.0. The average Bonchev–Trinajstić information content (AvgIpc) is 3.75. The van der Waals surface area contributed by atoms with E-state index in [2.05, 4.69) is 172 Å². The zero-order chi connectivity index (χ0) is 33.7. The molecule has 3 heterocycles. The van der Waals surface area contributed by atoms with E-state index < -0.39 is 0 Å². The molecule has 0 fully saturated rings. The molecule has 51 heavy (non-hydrogen) atoms. The Morgan fingerprint density at radius 2 is 1.08 bits per heavy atom. The van der Waals surface area contributed by atoms with Gasteiger partial charge in [-0.1, -0.05) is 103 Å². The predicted octanol–water partition coefficient (Wildman–Crippen LogP) is 12.9. The van der Waals surface area contributed by atoms with E-state index in [1.165, 1.54) is 21.8 Å². The lowest BCUT2D eigenvalue weighted by atomic mass is 10.00. The lowest BCUT2D eigenvalue weighted by Gasteiger charge is -2.26. The summed E-state index contributed by atoms with van der Waals surface area (Å²) in [5.74, 6) is 0. The Labute approximate surface area is 295 Å². The first-order chi connectivity index (χ1) is 25.3. The fourth-order valence-corrected chi connectivity index (χ4v) is 7.54. The number of nitrogens with zero attached hydrogens (tertiary/aromatic N) is 3. The van der Waals surface area contributed by atoms with Gasteiger partial charge in [0.05, 0.1) is 16.4 Å². The molecule has 3 aromatic heterocycles. The Hall–Kier alpha value is -6.91. The number of pyridine rings is 1. The summed E-state index contributed by atoms with van der Waals surface area (Å²) in [5.41, 5.74) is 13.9. The Bertz CT molecular complexity index is 2810. The Kier molecular flexibility index (Phi) is 6.78. The largest absolute Gasteiger partial charge is 0.454 e. The van der Waals surface area contributed by atoms with Gasteiger partial charge in [-0.2, -0.15) is 0 Å². The van der Waals surface area contributed by atoms with Crippen molar-refractivity contribution in [2.45, 2.75) is 0 Å². The quantitative estimate of drug-likeness (QED) is 0.179. The molecule has 4 heteroatoms. The van der Waals surface area contributed by atoms with Gasteiger partial charge in [0.15, 0.2) is 5.58 Å². The minimum atomic E-state index is 0.798. The SMILES string of the molecule is c1ccc(N(c2ccc(-c3cccc4oc5cccnc5c34)cc2)c2cccc(-c3cccc(-n4c5ccccc5c5ccccc54)c3)c2)cc1. The number of anilines is 3. The van der Waals surface area contributed by atoms with Crippen molar-refractivity contribution in [2.75, 3.05) is 4.90 Å². The summed E-state index contributed by atoms with van der Waals surface area (Å²) in [5, 5.41) is 3.56. The van der Waals surface area contributed by atoms with Gasteiger partial charge in [0.1, 0.15) is 11.1 Å². The van der Waals surface area contributed by atoms with E-state index in [0.29, 0.717) is 0 Å². The van der Waals surface area contributed by atoms with Crippen molar-refractivity contribution in [3.8, 4) is 27.9 Å². The molecule has 7 aromatic carbocycles. The van der Waals surface area contributed by atoms with Crippen molar-refractivity contribution in [2.24, 2.45) is 0 Å². The van der Waals surface area contributed by atoms with Crippen molar-refractivity contribution < 1.29 is 4.42 Å². The molecule has 0 unspecified atom stereocenters. The minimum absolute atomic E-state index is 0.798. The van der Waals surface area contributed by atoms with Crippen molar-refractivity contribution in [3.63, 3.8) is 0 Å². The van der Waals surface area contributed by atoms with Gasteiger partial charge in [-0.15, -0.1) is 0 Å². The summed E-state index contributed by atoms with van der Waals surface area (Å²) in [4.78, 5) is 6.98. The maximum Gasteiger partial charge on any atom is 0.153 e. The molecular weight excluding hydrogens is 623 g/mol. The van der Waals surface area contributed by atoms with Crippen LogP contribution < -0.4 is 4.90 Å². The molecule has 0 aliphatic rings. The molecule has 10 aromatic rings. The highest BCUT2D eigenvalue weighted by molar-refractivity contribution is 6.11. The molecule has 0 saturated carbocycles. The lowest BCUT2D eigenvalue weighted by Crippen LogP contribution is -2.09. The van der Waals surface area contributed by atoms with Gasteiger partial charge in [0, 0.05) is 39.7 Å². The number of para-hydroxylation sites is 3.